The summed E-state index contributed by atoms with van der Waals surface area (Å²) in [5.74, 6) is 1.65. The minimum Gasteiger partial charge on any atom is -0.454 e. The predicted molar refractivity (Wildman–Crippen MR) is 146 cm³/mol. The molecule has 1 aliphatic rings. The van der Waals surface area contributed by atoms with E-state index >= 15 is 0 Å². The summed E-state index contributed by atoms with van der Waals surface area (Å²) in [6, 6.07) is 26.3. The third-order valence-corrected chi connectivity index (χ3v) is 7.08. The lowest BCUT2D eigenvalue weighted by molar-refractivity contribution is 0.172. The Labute approximate surface area is 217 Å². The molecule has 0 radical (unpaired) electrons. The van der Waals surface area contributed by atoms with Crippen LogP contribution in [0.4, 0.5) is 0 Å². The van der Waals surface area contributed by atoms with Gasteiger partial charge in [-0.25, -0.2) is 4.98 Å². The zero-order valence-corrected chi connectivity index (χ0v) is 21.2. The van der Waals surface area contributed by atoms with Crippen LogP contribution in [0.25, 0.3) is 10.9 Å². The van der Waals surface area contributed by atoms with Crippen LogP contribution in [0.2, 0.25) is 0 Å². The molecule has 0 fully saturated rings. The van der Waals surface area contributed by atoms with Gasteiger partial charge >= 0.3 is 0 Å². The highest BCUT2D eigenvalue weighted by Crippen LogP contribution is 2.34. The summed E-state index contributed by atoms with van der Waals surface area (Å²) < 4.78 is 15.5. The molecule has 188 valence electrons. The summed E-state index contributed by atoms with van der Waals surface area (Å²) >= 11 is 0. The summed E-state index contributed by atoms with van der Waals surface area (Å²) in [6.45, 7) is 5.14. The Morgan fingerprint density at radius 2 is 1.81 bits per heavy atom. The first-order chi connectivity index (χ1) is 18.3. The molecule has 0 bridgehead atoms. The highest BCUT2D eigenvalue weighted by atomic mass is 16.7. The number of benzene rings is 3. The zero-order valence-electron chi connectivity index (χ0n) is 21.2. The van der Waals surface area contributed by atoms with Gasteiger partial charge in [-0.15, -0.1) is 0 Å². The molecule has 1 atom stereocenters. The Bertz CT molecular complexity index is 1460. The van der Waals surface area contributed by atoms with Gasteiger partial charge in [0.25, 0.3) is 0 Å². The van der Waals surface area contributed by atoms with Crippen LogP contribution in [-0.4, -0.2) is 32.4 Å². The fraction of sp³-hybridized carbons (Fsp3) is 0.258. The van der Waals surface area contributed by atoms with Gasteiger partial charge in [0.1, 0.15) is 0 Å². The number of ether oxygens (including phenoxy) is 2. The predicted octanol–water partition coefficient (Wildman–Crippen LogP) is 6.46. The minimum absolute atomic E-state index is 0.150. The highest BCUT2D eigenvalue weighted by molar-refractivity contribution is 5.81. The van der Waals surface area contributed by atoms with Gasteiger partial charge in [-0.2, -0.15) is 0 Å². The van der Waals surface area contributed by atoms with E-state index in [4.69, 9.17) is 9.47 Å². The molecule has 2 aromatic heterocycles. The van der Waals surface area contributed by atoms with E-state index in [1.54, 1.807) is 0 Å². The van der Waals surface area contributed by atoms with Crippen molar-refractivity contribution in [2.24, 2.45) is 0 Å². The summed E-state index contributed by atoms with van der Waals surface area (Å²) in [7, 11) is 0. The van der Waals surface area contributed by atoms with Crippen molar-refractivity contribution in [2.75, 3.05) is 13.3 Å². The maximum absolute atomic E-state index is 5.58. The number of hydrogen-bond acceptors (Lipinski definition) is 4. The largest absolute Gasteiger partial charge is 0.454 e. The molecular weight excluding hydrogens is 460 g/mol. The Balaban J connectivity index is 1.34. The molecule has 0 aliphatic carbocycles. The van der Waals surface area contributed by atoms with Crippen molar-refractivity contribution in [3.05, 3.63) is 114 Å². The third kappa shape index (κ3) is 4.98. The number of aromatic nitrogens is 3. The normalized spacial score (nSPS) is 13.5. The maximum Gasteiger partial charge on any atom is 0.231 e. The Morgan fingerprint density at radius 1 is 0.919 bits per heavy atom. The fourth-order valence-electron chi connectivity index (χ4n) is 5.23. The van der Waals surface area contributed by atoms with E-state index < -0.39 is 0 Å². The van der Waals surface area contributed by atoms with Gasteiger partial charge < -0.3 is 18.6 Å². The molecule has 0 spiro atoms. The number of rotatable bonds is 10. The van der Waals surface area contributed by atoms with E-state index in [2.05, 4.69) is 98.9 Å². The van der Waals surface area contributed by atoms with Crippen molar-refractivity contribution in [2.45, 2.75) is 39.0 Å². The van der Waals surface area contributed by atoms with Gasteiger partial charge in [-0.1, -0.05) is 55.8 Å². The summed E-state index contributed by atoms with van der Waals surface area (Å²) in [5, 5.41) is 1.25. The lowest BCUT2D eigenvalue weighted by Gasteiger charge is -2.33. The molecule has 1 unspecified atom stereocenters. The van der Waals surface area contributed by atoms with Crippen LogP contribution in [0.1, 0.15) is 42.5 Å². The Morgan fingerprint density at radius 3 is 2.65 bits per heavy atom. The van der Waals surface area contributed by atoms with Gasteiger partial charge in [-0.05, 0) is 58.8 Å². The van der Waals surface area contributed by atoms with Gasteiger partial charge in [0.15, 0.2) is 11.5 Å². The van der Waals surface area contributed by atoms with Crippen LogP contribution >= 0.6 is 0 Å². The van der Waals surface area contributed by atoms with Gasteiger partial charge in [0.2, 0.25) is 6.79 Å². The average molecular weight is 493 g/mol. The van der Waals surface area contributed by atoms with Gasteiger partial charge in [0.05, 0.1) is 19.0 Å². The first-order valence-electron chi connectivity index (χ1n) is 13.0. The maximum atomic E-state index is 5.58. The van der Waals surface area contributed by atoms with Crippen molar-refractivity contribution in [1.29, 1.82) is 0 Å². The van der Waals surface area contributed by atoms with E-state index in [1.165, 1.54) is 27.6 Å². The molecule has 0 saturated heterocycles. The Kier molecular flexibility index (Phi) is 6.65. The topological polar surface area (TPSA) is 44.5 Å². The van der Waals surface area contributed by atoms with E-state index in [9.17, 15) is 0 Å². The molecule has 1 aliphatic heterocycles. The fourth-order valence-corrected chi connectivity index (χ4v) is 5.23. The van der Waals surface area contributed by atoms with Crippen molar-refractivity contribution < 1.29 is 9.47 Å². The lowest BCUT2D eigenvalue weighted by atomic mass is 9.96. The van der Waals surface area contributed by atoms with Crippen LogP contribution in [0, 0.1) is 0 Å². The second-order valence-corrected chi connectivity index (χ2v) is 9.65. The van der Waals surface area contributed by atoms with Crippen LogP contribution in [0.15, 0.2) is 97.7 Å². The van der Waals surface area contributed by atoms with Crippen LogP contribution in [0.3, 0.4) is 0 Å². The molecule has 0 amide bonds. The molecule has 37 heavy (non-hydrogen) atoms. The highest BCUT2D eigenvalue weighted by Gasteiger charge is 2.23. The summed E-state index contributed by atoms with van der Waals surface area (Å²) in [5.41, 5.74) is 5.02. The molecule has 3 heterocycles. The monoisotopic (exact) mass is 492 g/mol. The van der Waals surface area contributed by atoms with Gasteiger partial charge in [-0.3, -0.25) is 4.90 Å². The van der Waals surface area contributed by atoms with Crippen LogP contribution in [-0.2, 0) is 13.2 Å². The van der Waals surface area contributed by atoms with Gasteiger partial charge in [0, 0.05) is 37.2 Å². The van der Waals surface area contributed by atoms with Crippen LogP contribution < -0.4 is 9.47 Å². The quantitative estimate of drug-likeness (QED) is 0.224. The number of hydrogen-bond donors (Lipinski definition) is 0. The molecule has 0 N–H and O–H groups in total. The standard InChI is InChI=1S/C31H32N4O2/c1-2-3-15-35(22-33-17-14-32-21-33)31(25-7-5-4-6-8-25)27-10-11-28-26(19-27)13-16-34(28)20-24-9-12-29-30(18-24)37-23-36-29/h4-14,16-19,21,31H,2-3,15,20,22-23H2,1H3. The molecule has 6 nitrogen and oxygen atoms in total. The Hall–Kier alpha value is -4.03. The van der Waals surface area contributed by atoms with Crippen molar-refractivity contribution in [3.63, 3.8) is 0 Å². The zero-order chi connectivity index (χ0) is 25.0. The second-order valence-electron chi connectivity index (χ2n) is 9.65. The van der Waals surface area contributed by atoms with E-state index in [1.807, 2.05) is 24.8 Å². The van der Waals surface area contributed by atoms with Crippen LogP contribution in [0.5, 0.6) is 11.5 Å². The van der Waals surface area contributed by atoms with E-state index in [0.717, 1.165) is 44.1 Å². The number of imidazole rings is 1. The molecule has 3 aromatic carbocycles. The summed E-state index contributed by atoms with van der Waals surface area (Å²) in [4.78, 5) is 6.84. The minimum atomic E-state index is 0.150. The molecule has 6 heteroatoms. The van der Waals surface area contributed by atoms with E-state index in [-0.39, 0.29) is 6.04 Å². The molecular formula is C31H32N4O2. The average Bonchev–Trinajstić information content (AvgIpc) is 3.69. The SMILES string of the molecule is CCCCN(Cn1ccnc1)C(c1ccccc1)c1ccc2c(ccn2Cc2ccc3c(c2)OCO3)c1. The molecule has 6 rings (SSSR count). The van der Waals surface area contributed by atoms with E-state index in [0.29, 0.717) is 6.79 Å². The summed E-state index contributed by atoms with van der Waals surface area (Å²) in [6.07, 6.45) is 10.3. The van der Waals surface area contributed by atoms with Crippen molar-refractivity contribution >= 4 is 10.9 Å². The number of fused-ring (bicyclic) bond motifs is 2. The van der Waals surface area contributed by atoms with Crippen molar-refractivity contribution in [1.82, 2.24) is 19.0 Å². The first kappa shape index (κ1) is 23.4. The molecule has 5 aromatic rings. The smallest absolute Gasteiger partial charge is 0.231 e. The number of unbranched alkanes of at least 4 members (excludes halogenated alkanes) is 1. The first-order valence-corrected chi connectivity index (χ1v) is 13.0. The number of nitrogens with zero attached hydrogens (tertiary/aromatic N) is 4. The molecule has 0 saturated carbocycles. The lowest BCUT2D eigenvalue weighted by Crippen LogP contribution is -2.32. The third-order valence-electron chi connectivity index (χ3n) is 7.08. The van der Waals surface area contributed by atoms with Crippen molar-refractivity contribution in [3.8, 4) is 11.5 Å². The second kappa shape index (κ2) is 10.5.